The minimum Gasteiger partial charge on any atom is -0.455 e. The van der Waals surface area contributed by atoms with Gasteiger partial charge < -0.3 is 13.9 Å². The van der Waals surface area contributed by atoms with Crippen LogP contribution < -0.4 is 4.90 Å². The maximum Gasteiger partial charge on any atom is 0.143 e. The van der Waals surface area contributed by atoms with E-state index in [1.54, 1.807) is 0 Å². The van der Waals surface area contributed by atoms with Gasteiger partial charge >= 0.3 is 0 Å². The highest BCUT2D eigenvalue weighted by Gasteiger charge is 2.20. The molecule has 0 aliphatic rings. The number of para-hydroxylation sites is 4. The van der Waals surface area contributed by atoms with Crippen molar-refractivity contribution in [1.82, 2.24) is 4.57 Å². The van der Waals surface area contributed by atoms with Gasteiger partial charge in [0, 0.05) is 49.9 Å². The van der Waals surface area contributed by atoms with Crippen LogP contribution in [0.4, 0.5) is 17.1 Å². The molecule has 0 unspecified atom stereocenters. The van der Waals surface area contributed by atoms with E-state index in [1.165, 1.54) is 32.9 Å². The highest BCUT2D eigenvalue weighted by Crippen LogP contribution is 2.44. The molecule has 0 aliphatic carbocycles. The Hall–Kier alpha value is -6.84. The lowest BCUT2D eigenvalue weighted by molar-refractivity contribution is 0.670. The van der Waals surface area contributed by atoms with Crippen molar-refractivity contribution < 1.29 is 4.42 Å². The number of fused-ring (bicyclic) bond motifs is 6. The summed E-state index contributed by atoms with van der Waals surface area (Å²) in [6.45, 7) is 0. The predicted octanol–water partition coefficient (Wildman–Crippen LogP) is 13.5. The molecule has 8 aromatic carbocycles. The van der Waals surface area contributed by atoms with Gasteiger partial charge in [0.25, 0.3) is 0 Å². The highest BCUT2D eigenvalue weighted by atomic mass is 16.3. The van der Waals surface area contributed by atoms with Gasteiger partial charge in [-0.1, -0.05) is 127 Å². The number of hydrogen-bond acceptors (Lipinski definition) is 2. The standard InChI is InChI=1S/C48H32N2O/c1-3-14-33(15-4-1)35-16-13-19-38(30-35)49(36-17-5-2-6-18-36)39-31-43(48-44(32-39)42-22-9-12-25-47(42)51-48)34-26-28-37(29-27-34)50-45-23-10-7-20-40(45)41-21-8-11-24-46(41)50/h1-32H. The van der Waals surface area contributed by atoms with Crippen molar-refractivity contribution in [2.75, 3.05) is 4.90 Å². The van der Waals surface area contributed by atoms with E-state index in [-0.39, 0.29) is 0 Å². The molecule has 0 saturated carbocycles. The summed E-state index contributed by atoms with van der Waals surface area (Å²) in [5, 5.41) is 4.70. The average molecular weight is 653 g/mol. The Morgan fingerprint density at radius 3 is 1.69 bits per heavy atom. The lowest BCUT2D eigenvalue weighted by atomic mass is 9.99. The zero-order valence-electron chi connectivity index (χ0n) is 27.8. The lowest BCUT2D eigenvalue weighted by Gasteiger charge is -2.27. The molecule has 3 nitrogen and oxygen atoms in total. The van der Waals surface area contributed by atoms with Gasteiger partial charge in [0.15, 0.2) is 0 Å². The molecule has 0 saturated heterocycles. The topological polar surface area (TPSA) is 21.3 Å². The molecular formula is C48H32N2O. The summed E-state index contributed by atoms with van der Waals surface area (Å²) >= 11 is 0. The van der Waals surface area contributed by atoms with Crippen LogP contribution in [0.25, 0.3) is 71.7 Å². The van der Waals surface area contributed by atoms with Crippen LogP contribution in [0.1, 0.15) is 0 Å². The van der Waals surface area contributed by atoms with Crippen molar-refractivity contribution in [3.05, 3.63) is 194 Å². The van der Waals surface area contributed by atoms with E-state index in [1.807, 2.05) is 6.07 Å². The van der Waals surface area contributed by atoms with Gasteiger partial charge in [0.05, 0.1) is 11.0 Å². The van der Waals surface area contributed by atoms with E-state index >= 15 is 0 Å². The highest BCUT2D eigenvalue weighted by molar-refractivity contribution is 6.12. The maximum absolute atomic E-state index is 6.66. The number of nitrogens with zero attached hydrogens (tertiary/aromatic N) is 2. The Bertz CT molecular complexity index is 2790. The van der Waals surface area contributed by atoms with Crippen LogP contribution in [0.15, 0.2) is 199 Å². The fourth-order valence-corrected chi connectivity index (χ4v) is 7.63. The first kappa shape index (κ1) is 29.1. The zero-order valence-corrected chi connectivity index (χ0v) is 27.8. The van der Waals surface area contributed by atoms with Gasteiger partial charge in [-0.15, -0.1) is 0 Å². The smallest absolute Gasteiger partial charge is 0.143 e. The van der Waals surface area contributed by atoms with Crippen molar-refractivity contribution >= 4 is 60.8 Å². The Labute approximate surface area is 295 Å². The van der Waals surface area contributed by atoms with Gasteiger partial charge in [-0.25, -0.2) is 0 Å². The minimum atomic E-state index is 0.880. The Balaban J connectivity index is 1.18. The first-order valence-corrected chi connectivity index (χ1v) is 17.4. The summed E-state index contributed by atoms with van der Waals surface area (Å²) in [6, 6.07) is 69.1. The molecule has 2 heterocycles. The third kappa shape index (κ3) is 4.90. The number of aromatic nitrogens is 1. The van der Waals surface area contributed by atoms with Crippen LogP contribution >= 0.6 is 0 Å². The van der Waals surface area contributed by atoms with Crippen molar-refractivity contribution in [3.63, 3.8) is 0 Å². The van der Waals surface area contributed by atoms with E-state index in [9.17, 15) is 0 Å². The molecule has 0 amide bonds. The van der Waals surface area contributed by atoms with Crippen LogP contribution in [-0.2, 0) is 0 Å². The third-order valence-electron chi connectivity index (χ3n) is 9.96. The summed E-state index contributed by atoms with van der Waals surface area (Å²) < 4.78 is 9.01. The first-order chi connectivity index (χ1) is 25.3. The molecule has 10 rings (SSSR count). The SMILES string of the molecule is c1ccc(-c2cccc(N(c3ccccc3)c3cc(-c4ccc(-n5c6ccccc6c6ccccc65)cc4)c4oc5ccccc5c4c3)c2)cc1. The molecule has 3 heteroatoms. The number of hydrogen-bond donors (Lipinski definition) is 0. The Kier molecular flexibility index (Phi) is 6.81. The van der Waals surface area contributed by atoms with Crippen molar-refractivity contribution in [1.29, 1.82) is 0 Å². The summed E-state index contributed by atoms with van der Waals surface area (Å²) in [5.74, 6) is 0. The van der Waals surface area contributed by atoms with Crippen LogP contribution in [-0.4, -0.2) is 4.57 Å². The van der Waals surface area contributed by atoms with Gasteiger partial charge in [-0.2, -0.15) is 0 Å². The number of benzene rings is 8. The fourth-order valence-electron chi connectivity index (χ4n) is 7.63. The monoisotopic (exact) mass is 652 g/mol. The molecule has 0 spiro atoms. The second-order valence-electron chi connectivity index (χ2n) is 13.0. The van der Waals surface area contributed by atoms with E-state index in [0.29, 0.717) is 0 Å². The molecule has 0 atom stereocenters. The van der Waals surface area contributed by atoms with Crippen molar-refractivity contribution in [3.8, 4) is 27.9 Å². The first-order valence-electron chi connectivity index (χ1n) is 17.4. The summed E-state index contributed by atoms with van der Waals surface area (Å²) in [6.07, 6.45) is 0. The quantitative estimate of drug-likeness (QED) is 0.178. The third-order valence-corrected chi connectivity index (χ3v) is 9.96. The van der Waals surface area contributed by atoms with E-state index < -0.39 is 0 Å². The van der Waals surface area contributed by atoms with Gasteiger partial charge in [-0.3, -0.25) is 0 Å². The number of furan rings is 1. The summed E-state index contributed by atoms with van der Waals surface area (Å²) in [7, 11) is 0. The summed E-state index contributed by atoms with van der Waals surface area (Å²) in [5.41, 5.74) is 13.0. The number of rotatable bonds is 6. The maximum atomic E-state index is 6.66. The fraction of sp³-hybridized carbons (Fsp3) is 0. The Morgan fingerprint density at radius 1 is 0.373 bits per heavy atom. The lowest BCUT2D eigenvalue weighted by Crippen LogP contribution is -2.10. The zero-order chi connectivity index (χ0) is 33.7. The molecule has 0 aliphatic heterocycles. The number of anilines is 3. The van der Waals surface area contributed by atoms with E-state index in [0.717, 1.165) is 55.8 Å². The van der Waals surface area contributed by atoms with Crippen LogP contribution in [0.2, 0.25) is 0 Å². The van der Waals surface area contributed by atoms with E-state index in [4.69, 9.17) is 4.42 Å². The molecule has 51 heavy (non-hydrogen) atoms. The molecule has 0 N–H and O–H groups in total. The second kappa shape index (κ2) is 11.9. The van der Waals surface area contributed by atoms with Crippen molar-refractivity contribution in [2.24, 2.45) is 0 Å². The molecule has 10 aromatic rings. The molecule has 240 valence electrons. The normalized spacial score (nSPS) is 11.5. The van der Waals surface area contributed by atoms with Gasteiger partial charge in [0.2, 0.25) is 0 Å². The average Bonchev–Trinajstić information content (AvgIpc) is 3.75. The molecule has 0 radical (unpaired) electrons. The Morgan fingerprint density at radius 2 is 0.961 bits per heavy atom. The van der Waals surface area contributed by atoms with Gasteiger partial charge in [-0.05, 0) is 83.4 Å². The van der Waals surface area contributed by atoms with Gasteiger partial charge in [0.1, 0.15) is 11.2 Å². The van der Waals surface area contributed by atoms with Crippen LogP contribution in [0.5, 0.6) is 0 Å². The van der Waals surface area contributed by atoms with Crippen molar-refractivity contribution in [2.45, 2.75) is 0 Å². The largest absolute Gasteiger partial charge is 0.455 e. The molecule has 0 bridgehead atoms. The van der Waals surface area contributed by atoms with E-state index in [2.05, 4.69) is 198 Å². The van der Waals surface area contributed by atoms with Crippen LogP contribution in [0.3, 0.4) is 0 Å². The molecular weight excluding hydrogens is 621 g/mol. The molecule has 0 fully saturated rings. The second-order valence-corrected chi connectivity index (χ2v) is 13.0. The summed E-state index contributed by atoms with van der Waals surface area (Å²) in [4.78, 5) is 2.35. The predicted molar refractivity (Wildman–Crippen MR) is 214 cm³/mol. The molecule has 2 aromatic heterocycles. The minimum absolute atomic E-state index is 0.880. The van der Waals surface area contributed by atoms with Crippen LogP contribution in [0, 0.1) is 0 Å².